The zero-order valence-electron chi connectivity index (χ0n) is 10.6. The van der Waals surface area contributed by atoms with Gasteiger partial charge in [0.15, 0.2) is 0 Å². The van der Waals surface area contributed by atoms with E-state index in [4.69, 9.17) is 0 Å². The van der Waals surface area contributed by atoms with Crippen LogP contribution in [0.3, 0.4) is 0 Å². The molecule has 0 spiro atoms. The fourth-order valence-electron chi connectivity index (χ4n) is 1.43. The number of likely N-dealkylation sites (N-methyl/N-ethyl adjacent to an activating group) is 1. The molecule has 0 heterocycles. The largest absolute Gasteiger partial charge is 0.313 e. The summed E-state index contributed by atoms with van der Waals surface area (Å²) < 4.78 is 51.8. The highest BCUT2D eigenvalue weighted by Crippen LogP contribution is 2.15. The first kappa shape index (κ1) is 18.2. The summed E-state index contributed by atoms with van der Waals surface area (Å²) in [6, 6.07) is 2.28. The molecule has 1 aromatic rings. The van der Waals surface area contributed by atoms with E-state index in [1.807, 2.05) is 6.92 Å². The Labute approximate surface area is 118 Å². The van der Waals surface area contributed by atoms with Crippen molar-refractivity contribution in [3.05, 3.63) is 29.8 Å². The van der Waals surface area contributed by atoms with Crippen molar-refractivity contribution in [1.29, 1.82) is 0 Å². The van der Waals surface area contributed by atoms with Gasteiger partial charge in [0, 0.05) is 18.7 Å². The summed E-state index contributed by atoms with van der Waals surface area (Å²) in [5.41, 5.74) is 0. The van der Waals surface area contributed by atoms with E-state index in [0.717, 1.165) is 12.1 Å². The van der Waals surface area contributed by atoms with Gasteiger partial charge in [-0.25, -0.2) is 21.9 Å². The van der Waals surface area contributed by atoms with Crippen LogP contribution in [0.1, 0.15) is 13.8 Å². The van der Waals surface area contributed by atoms with E-state index in [1.165, 1.54) is 0 Å². The topological polar surface area (TPSA) is 58.2 Å². The number of hydrogen-bond donors (Lipinski definition) is 2. The SMILES string of the molecule is CCN[C@H](C)CNS(=O)(=O)c1ccc(F)cc1F.Cl. The summed E-state index contributed by atoms with van der Waals surface area (Å²) in [5, 5.41) is 3.01. The van der Waals surface area contributed by atoms with Gasteiger partial charge in [-0.15, -0.1) is 12.4 Å². The highest BCUT2D eigenvalue weighted by molar-refractivity contribution is 7.89. The molecule has 0 aliphatic carbocycles. The van der Waals surface area contributed by atoms with Crippen LogP contribution in [0.4, 0.5) is 8.78 Å². The van der Waals surface area contributed by atoms with Gasteiger partial charge in [0.1, 0.15) is 16.5 Å². The third kappa shape index (κ3) is 5.40. The van der Waals surface area contributed by atoms with Crippen molar-refractivity contribution in [2.24, 2.45) is 0 Å². The van der Waals surface area contributed by atoms with E-state index in [1.54, 1.807) is 6.92 Å². The van der Waals surface area contributed by atoms with E-state index < -0.39 is 26.6 Å². The number of sulfonamides is 1. The van der Waals surface area contributed by atoms with Crippen molar-refractivity contribution in [1.82, 2.24) is 10.0 Å². The lowest BCUT2D eigenvalue weighted by molar-refractivity contribution is 0.524. The molecule has 8 heteroatoms. The molecule has 1 rings (SSSR count). The maximum Gasteiger partial charge on any atom is 0.243 e. The molecule has 2 N–H and O–H groups in total. The lowest BCUT2D eigenvalue weighted by atomic mass is 10.3. The zero-order valence-corrected chi connectivity index (χ0v) is 12.2. The molecular formula is C11H17ClF2N2O2S. The second-order valence-corrected chi connectivity index (χ2v) is 5.62. The Morgan fingerprint density at radius 3 is 2.47 bits per heavy atom. The minimum Gasteiger partial charge on any atom is -0.313 e. The quantitative estimate of drug-likeness (QED) is 0.839. The first-order valence-electron chi connectivity index (χ1n) is 5.55. The second-order valence-electron chi connectivity index (χ2n) is 3.89. The molecule has 1 atom stereocenters. The summed E-state index contributed by atoms with van der Waals surface area (Å²) in [5.74, 6) is -1.91. The van der Waals surface area contributed by atoms with Crippen LogP contribution in [0.5, 0.6) is 0 Å². The van der Waals surface area contributed by atoms with Crippen molar-refractivity contribution in [2.75, 3.05) is 13.1 Å². The van der Waals surface area contributed by atoms with Gasteiger partial charge < -0.3 is 5.32 Å². The van der Waals surface area contributed by atoms with Crippen molar-refractivity contribution in [3.63, 3.8) is 0 Å². The molecule has 0 unspecified atom stereocenters. The van der Waals surface area contributed by atoms with Gasteiger partial charge >= 0.3 is 0 Å². The molecule has 0 saturated heterocycles. The van der Waals surface area contributed by atoms with Crippen LogP contribution in [-0.2, 0) is 10.0 Å². The molecule has 4 nitrogen and oxygen atoms in total. The summed E-state index contributed by atoms with van der Waals surface area (Å²) in [4.78, 5) is -0.549. The first-order valence-corrected chi connectivity index (χ1v) is 7.03. The lowest BCUT2D eigenvalue weighted by Crippen LogP contribution is -2.39. The van der Waals surface area contributed by atoms with Crippen LogP contribution in [-0.4, -0.2) is 27.5 Å². The molecule has 0 aromatic heterocycles. The van der Waals surface area contributed by atoms with E-state index in [9.17, 15) is 17.2 Å². The van der Waals surface area contributed by atoms with Gasteiger partial charge in [0.05, 0.1) is 0 Å². The molecule has 110 valence electrons. The maximum atomic E-state index is 13.3. The van der Waals surface area contributed by atoms with Crippen LogP contribution in [0.25, 0.3) is 0 Å². The maximum absolute atomic E-state index is 13.3. The monoisotopic (exact) mass is 314 g/mol. The molecule has 1 aromatic carbocycles. The van der Waals surface area contributed by atoms with Crippen molar-refractivity contribution in [3.8, 4) is 0 Å². The van der Waals surface area contributed by atoms with E-state index >= 15 is 0 Å². The van der Waals surface area contributed by atoms with Gasteiger partial charge in [-0.05, 0) is 25.6 Å². The Balaban J connectivity index is 0.00000324. The van der Waals surface area contributed by atoms with Crippen LogP contribution >= 0.6 is 12.4 Å². The van der Waals surface area contributed by atoms with E-state index in [-0.39, 0.29) is 25.0 Å². The number of rotatable bonds is 6. The molecule has 0 fully saturated rings. The molecule has 0 aliphatic rings. The summed E-state index contributed by atoms with van der Waals surface area (Å²) in [7, 11) is -3.95. The Morgan fingerprint density at radius 1 is 1.32 bits per heavy atom. The van der Waals surface area contributed by atoms with Crippen molar-refractivity contribution >= 4 is 22.4 Å². The smallest absolute Gasteiger partial charge is 0.243 e. The van der Waals surface area contributed by atoms with Crippen LogP contribution in [0.2, 0.25) is 0 Å². The fraction of sp³-hybridized carbons (Fsp3) is 0.455. The molecule has 0 amide bonds. The predicted molar refractivity (Wildman–Crippen MR) is 71.9 cm³/mol. The summed E-state index contributed by atoms with van der Waals surface area (Å²) >= 11 is 0. The number of benzene rings is 1. The van der Waals surface area contributed by atoms with Crippen molar-refractivity contribution < 1.29 is 17.2 Å². The van der Waals surface area contributed by atoms with Crippen molar-refractivity contribution in [2.45, 2.75) is 24.8 Å². The van der Waals surface area contributed by atoms with Crippen LogP contribution in [0.15, 0.2) is 23.1 Å². The Kier molecular flexibility index (Phi) is 7.43. The summed E-state index contributed by atoms with van der Waals surface area (Å²) in [6.07, 6.45) is 0. The highest BCUT2D eigenvalue weighted by Gasteiger charge is 2.19. The molecule has 0 radical (unpaired) electrons. The Bertz CT molecular complexity index is 511. The average molecular weight is 315 g/mol. The average Bonchev–Trinajstić information content (AvgIpc) is 2.26. The minimum absolute atomic E-state index is 0. The van der Waals surface area contributed by atoms with Gasteiger partial charge in [-0.2, -0.15) is 0 Å². The summed E-state index contributed by atoms with van der Waals surface area (Å²) in [6.45, 7) is 4.53. The standard InChI is InChI=1S/C11H16F2N2O2S.ClH/c1-3-14-8(2)7-15-18(16,17)11-5-4-9(12)6-10(11)13;/h4-6,8,14-15H,3,7H2,1-2H3;1H/t8-;/m1./s1. The van der Waals surface area contributed by atoms with Crippen LogP contribution < -0.4 is 10.0 Å². The molecule has 19 heavy (non-hydrogen) atoms. The lowest BCUT2D eigenvalue weighted by Gasteiger charge is -2.13. The van der Waals surface area contributed by atoms with Gasteiger partial charge in [0.2, 0.25) is 10.0 Å². The number of nitrogens with one attached hydrogen (secondary N) is 2. The number of halogens is 3. The first-order chi connectivity index (χ1) is 8.36. The Morgan fingerprint density at radius 2 is 1.95 bits per heavy atom. The second kappa shape index (κ2) is 7.74. The molecule has 0 bridgehead atoms. The molecule has 0 aliphatic heterocycles. The van der Waals surface area contributed by atoms with Gasteiger partial charge in [-0.3, -0.25) is 0 Å². The minimum atomic E-state index is -3.95. The third-order valence-electron chi connectivity index (χ3n) is 2.32. The predicted octanol–water partition coefficient (Wildman–Crippen LogP) is 1.66. The third-order valence-corrected chi connectivity index (χ3v) is 3.77. The highest BCUT2D eigenvalue weighted by atomic mass is 35.5. The molecule has 0 saturated carbocycles. The van der Waals surface area contributed by atoms with Gasteiger partial charge in [-0.1, -0.05) is 6.92 Å². The zero-order chi connectivity index (χ0) is 13.8. The van der Waals surface area contributed by atoms with Gasteiger partial charge in [0.25, 0.3) is 0 Å². The van der Waals surface area contributed by atoms with E-state index in [0.29, 0.717) is 12.6 Å². The normalized spacial score (nSPS) is 12.8. The molecular weight excluding hydrogens is 298 g/mol. The Hall–Kier alpha value is -0.760. The number of hydrogen-bond acceptors (Lipinski definition) is 3. The fourth-order valence-corrected chi connectivity index (χ4v) is 2.61. The van der Waals surface area contributed by atoms with Crippen LogP contribution in [0, 0.1) is 11.6 Å². The van der Waals surface area contributed by atoms with E-state index in [2.05, 4.69) is 10.0 Å².